The van der Waals surface area contributed by atoms with E-state index in [0.29, 0.717) is 4.47 Å². The predicted molar refractivity (Wildman–Crippen MR) is 71.6 cm³/mol. The van der Waals surface area contributed by atoms with Crippen molar-refractivity contribution in [3.8, 4) is 17.4 Å². The standard InChI is InChI=1S/C12H8BrFN2O4/c1-19-11-3-2-8(5-10(11)16(17)18)20-12-9(14)4-7(13)6-15-12/h2-6H,1H3. The fourth-order valence-corrected chi connectivity index (χ4v) is 1.77. The van der Waals surface area contributed by atoms with Gasteiger partial charge in [0.25, 0.3) is 5.88 Å². The first-order valence-corrected chi connectivity index (χ1v) is 6.12. The summed E-state index contributed by atoms with van der Waals surface area (Å²) in [5.74, 6) is -0.775. The summed E-state index contributed by atoms with van der Waals surface area (Å²) in [5.41, 5.74) is -0.275. The van der Waals surface area contributed by atoms with Crippen LogP contribution in [0.2, 0.25) is 0 Å². The Morgan fingerprint density at radius 2 is 2.15 bits per heavy atom. The summed E-state index contributed by atoms with van der Waals surface area (Å²) in [7, 11) is 1.32. The van der Waals surface area contributed by atoms with Crippen molar-refractivity contribution in [1.29, 1.82) is 0 Å². The molecule has 0 saturated heterocycles. The van der Waals surface area contributed by atoms with Gasteiger partial charge in [0.15, 0.2) is 11.6 Å². The Morgan fingerprint density at radius 3 is 2.75 bits per heavy atom. The van der Waals surface area contributed by atoms with Crippen LogP contribution in [0.1, 0.15) is 0 Å². The molecule has 0 amide bonds. The lowest BCUT2D eigenvalue weighted by atomic mass is 10.3. The number of nitro groups is 1. The molecule has 0 aliphatic heterocycles. The second-order valence-electron chi connectivity index (χ2n) is 3.63. The lowest BCUT2D eigenvalue weighted by Crippen LogP contribution is -1.96. The molecular formula is C12H8BrFN2O4. The third kappa shape index (κ3) is 3.02. The minimum absolute atomic E-state index is 0.0891. The minimum Gasteiger partial charge on any atom is -0.490 e. The van der Waals surface area contributed by atoms with Gasteiger partial charge in [0, 0.05) is 10.7 Å². The molecule has 0 bridgehead atoms. The van der Waals surface area contributed by atoms with E-state index in [1.807, 2.05) is 0 Å². The molecule has 8 heteroatoms. The second kappa shape index (κ2) is 5.83. The number of methoxy groups -OCH3 is 1. The lowest BCUT2D eigenvalue weighted by Gasteiger charge is -2.07. The molecule has 0 unspecified atom stereocenters. The van der Waals surface area contributed by atoms with E-state index in [1.54, 1.807) is 0 Å². The first-order chi connectivity index (χ1) is 9.51. The van der Waals surface area contributed by atoms with E-state index in [1.165, 1.54) is 31.5 Å². The highest BCUT2D eigenvalue weighted by molar-refractivity contribution is 9.10. The Bertz CT molecular complexity index is 666. The maximum Gasteiger partial charge on any atom is 0.314 e. The number of hydrogen-bond donors (Lipinski definition) is 0. The number of aromatic nitrogens is 1. The van der Waals surface area contributed by atoms with Crippen molar-refractivity contribution in [2.75, 3.05) is 7.11 Å². The highest BCUT2D eigenvalue weighted by Gasteiger charge is 2.17. The summed E-state index contributed by atoms with van der Waals surface area (Å²) in [6, 6.07) is 5.11. The fourth-order valence-electron chi connectivity index (χ4n) is 1.46. The van der Waals surface area contributed by atoms with Crippen LogP contribution in [0, 0.1) is 15.9 Å². The summed E-state index contributed by atoms with van der Waals surface area (Å²) in [5, 5.41) is 10.9. The second-order valence-corrected chi connectivity index (χ2v) is 4.55. The maximum absolute atomic E-state index is 13.6. The number of ether oxygens (including phenoxy) is 2. The predicted octanol–water partition coefficient (Wildman–Crippen LogP) is 3.69. The first-order valence-electron chi connectivity index (χ1n) is 5.32. The highest BCUT2D eigenvalue weighted by Crippen LogP contribution is 2.33. The largest absolute Gasteiger partial charge is 0.490 e. The molecule has 6 nitrogen and oxygen atoms in total. The number of benzene rings is 1. The van der Waals surface area contributed by atoms with Gasteiger partial charge in [-0.05, 0) is 34.1 Å². The average Bonchev–Trinajstić information content (AvgIpc) is 2.41. The zero-order valence-electron chi connectivity index (χ0n) is 10.2. The summed E-state index contributed by atoms with van der Waals surface area (Å²) in [6.45, 7) is 0. The summed E-state index contributed by atoms with van der Waals surface area (Å²) >= 11 is 3.07. The van der Waals surface area contributed by atoms with E-state index >= 15 is 0 Å². The minimum atomic E-state index is -0.683. The van der Waals surface area contributed by atoms with Crippen molar-refractivity contribution in [3.63, 3.8) is 0 Å². The summed E-state index contributed by atoms with van der Waals surface area (Å²) in [6.07, 6.45) is 1.36. The number of pyridine rings is 1. The van der Waals surface area contributed by atoms with Gasteiger partial charge in [0.1, 0.15) is 5.75 Å². The molecule has 0 spiro atoms. The van der Waals surface area contributed by atoms with Crippen LogP contribution in [0.25, 0.3) is 0 Å². The Labute approximate surface area is 121 Å². The smallest absolute Gasteiger partial charge is 0.314 e. The van der Waals surface area contributed by atoms with Gasteiger partial charge in [0.2, 0.25) is 0 Å². The molecule has 0 saturated carbocycles. The number of nitro benzene ring substituents is 1. The molecule has 2 rings (SSSR count). The monoisotopic (exact) mass is 342 g/mol. The van der Waals surface area contributed by atoms with E-state index < -0.39 is 10.7 Å². The quantitative estimate of drug-likeness (QED) is 0.625. The summed E-state index contributed by atoms with van der Waals surface area (Å²) in [4.78, 5) is 14.0. The van der Waals surface area contributed by atoms with Crippen molar-refractivity contribution in [1.82, 2.24) is 4.98 Å². The van der Waals surface area contributed by atoms with Gasteiger partial charge >= 0.3 is 5.69 Å². The van der Waals surface area contributed by atoms with Crippen molar-refractivity contribution in [2.45, 2.75) is 0 Å². The van der Waals surface area contributed by atoms with Crippen molar-refractivity contribution < 1.29 is 18.8 Å². The number of halogens is 2. The van der Waals surface area contributed by atoms with Gasteiger partial charge in [-0.15, -0.1) is 0 Å². The molecule has 0 radical (unpaired) electrons. The molecule has 1 heterocycles. The molecular weight excluding hydrogens is 335 g/mol. The molecule has 0 atom stereocenters. The molecule has 0 N–H and O–H groups in total. The molecule has 2 aromatic rings. The normalized spacial score (nSPS) is 10.2. The van der Waals surface area contributed by atoms with Gasteiger partial charge in [-0.2, -0.15) is 0 Å². The molecule has 0 aliphatic rings. The van der Waals surface area contributed by atoms with Crippen LogP contribution < -0.4 is 9.47 Å². The molecule has 104 valence electrons. The van der Waals surface area contributed by atoms with Gasteiger partial charge < -0.3 is 9.47 Å². The van der Waals surface area contributed by atoms with Crippen LogP contribution in [-0.4, -0.2) is 17.0 Å². The Hall–Kier alpha value is -2.22. The zero-order chi connectivity index (χ0) is 14.7. The van der Waals surface area contributed by atoms with Crippen molar-refractivity contribution in [2.24, 2.45) is 0 Å². The average molecular weight is 343 g/mol. The van der Waals surface area contributed by atoms with E-state index in [0.717, 1.165) is 6.07 Å². The van der Waals surface area contributed by atoms with Gasteiger partial charge in [0.05, 0.1) is 18.1 Å². The topological polar surface area (TPSA) is 74.5 Å². The maximum atomic E-state index is 13.6. The molecule has 0 aliphatic carbocycles. The number of rotatable bonds is 4. The van der Waals surface area contributed by atoms with Crippen LogP contribution in [0.3, 0.4) is 0 Å². The van der Waals surface area contributed by atoms with Crippen LogP contribution in [0.4, 0.5) is 10.1 Å². The Balaban J connectivity index is 2.34. The Morgan fingerprint density at radius 1 is 1.40 bits per heavy atom. The Kier molecular flexibility index (Phi) is 4.14. The highest BCUT2D eigenvalue weighted by atomic mass is 79.9. The van der Waals surface area contributed by atoms with Gasteiger partial charge in [-0.25, -0.2) is 9.37 Å². The summed E-state index contributed by atoms with van der Waals surface area (Å²) < 4.78 is 24.1. The van der Waals surface area contributed by atoms with Gasteiger partial charge in [-0.3, -0.25) is 10.1 Å². The first kappa shape index (κ1) is 14.2. The van der Waals surface area contributed by atoms with E-state index in [-0.39, 0.29) is 23.1 Å². The van der Waals surface area contributed by atoms with Crippen LogP contribution in [0.5, 0.6) is 17.4 Å². The van der Waals surface area contributed by atoms with Crippen LogP contribution in [-0.2, 0) is 0 Å². The van der Waals surface area contributed by atoms with Gasteiger partial charge in [-0.1, -0.05) is 0 Å². The molecule has 0 fully saturated rings. The van der Waals surface area contributed by atoms with E-state index in [2.05, 4.69) is 20.9 Å². The zero-order valence-corrected chi connectivity index (χ0v) is 11.8. The number of nitrogens with zero attached hydrogens (tertiary/aromatic N) is 2. The SMILES string of the molecule is COc1ccc(Oc2ncc(Br)cc2F)cc1[N+](=O)[O-]. The van der Waals surface area contributed by atoms with Crippen LogP contribution in [0.15, 0.2) is 34.9 Å². The lowest BCUT2D eigenvalue weighted by molar-refractivity contribution is -0.385. The molecule has 1 aromatic carbocycles. The number of hydrogen-bond acceptors (Lipinski definition) is 5. The fraction of sp³-hybridized carbons (Fsp3) is 0.0833. The van der Waals surface area contributed by atoms with E-state index in [4.69, 9.17) is 9.47 Å². The van der Waals surface area contributed by atoms with E-state index in [9.17, 15) is 14.5 Å². The van der Waals surface area contributed by atoms with Crippen LogP contribution >= 0.6 is 15.9 Å². The third-order valence-electron chi connectivity index (χ3n) is 2.34. The van der Waals surface area contributed by atoms with Crippen molar-refractivity contribution in [3.05, 3.63) is 50.9 Å². The molecule has 20 heavy (non-hydrogen) atoms. The third-order valence-corrected chi connectivity index (χ3v) is 2.77. The molecule has 1 aromatic heterocycles. The van der Waals surface area contributed by atoms with Crippen molar-refractivity contribution >= 4 is 21.6 Å².